The van der Waals surface area contributed by atoms with Crippen molar-refractivity contribution < 1.29 is 10.2 Å². The average Bonchev–Trinajstić information content (AvgIpc) is 2.66. The zero-order valence-corrected chi connectivity index (χ0v) is 17.4. The number of rotatable bonds is 6. The third kappa shape index (κ3) is 5.06. The molecule has 0 aromatic heterocycles. The van der Waals surface area contributed by atoms with E-state index < -0.39 is 6.10 Å². The van der Waals surface area contributed by atoms with Gasteiger partial charge in [0, 0.05) is 38.3 Å². The van der Waals surface area contributed by atoms with Crippen molar-refractivity contribution in [1.29, 1.82) is 0 Å². The second-order valence-corrected chi connectivity index (χ2v) is 8.31. The largest absolute Gasteiger partial charge is 0.506 e. The Kier molecular flexibility index (Phi) is 6.62. The molecule has 0 amide bonds. The van der Waals surface area contributed by atoms with E-state index in [0.717, 1.165) is 15.4 Å². The number of aromatic hydroxyl groups is 1. The molecule has 5 N–H and O–H groups in total. The van der Waals surface area contributed by atoms with Crippen molar-refractivity contribution in [2.45, 2.75) is 29.4 Å². The Balaban J connectivity index is 1.82. The number of nitrogen functional groups attached to an aromatic ring is 1. The lowest BCUT2D eigenvalue weighted by atomic mass is 10.1. The van der Waals surface area contributed by atoms with Crippen LogP contribution in [0.1, 0.15) is 24.2 Å². The fourth-order valence-corrected chi connectivity index (χ4v) is 3.98. The van der Waals surface area contributed by atoms with Crippen LogP contribution in [0, 0.1) is 0 Å². The van der Waals surface area contributed by atoms with Crippen LogP contribution >= 0.6 is 35.0 Å². The molecule has 1 atom stereocenters. The predicted molar refractivity (Wildman–Crippen MR) is 118 cm³/mol. The molecule has 28 heavy (non-hydrogen) atoms. The van der Waals surface area contributed by atoms with Crippen molar-refractivity contribution in [3.8, 4) is 5.75 Å². The highest BCUT2D eigenvalue weighted by Gasteiger charge is 2.13. The van der Waals surface area contributed by atoms with Crippen LogP contribution in [0.25, 0.3) is 0 Å². The van der Waals surface area contributed by atoms with Crippen molar-refractivity contribution >= 4 is 46.3 Å². The maximum absolute atomic E-state index is 9.99. The van der Waals surface area contributed by atoms with Gasteiger partial charge in [-0.2, -0.15) is 0 Å². The highest BCUT2D eigenvalue weighted by atomic mass is 35.5. The molecule has 7 heteroatoms. The number of phenolic OH excluding ortho intramolecular Hbond substituents is 1. The van der Waals surface area contributed by atoms with Gasteiger partial charge in [-0.05, 0) is 67.1 Å². The van der Waals surface area contributed by atoms with Crippen molar-refractivity contribution in [3.63, 3.8) is 0 Å². The Morgan fingerprint density at radius 3 is 2.46 bits per heavy atom. The number of hydrogen-bond acceptors (Lipinski definition) is 5. The summed E-state index contributed by atoms with van der Waals surface area (Å²) in [5.74, 6) is -0.106. The Bertz CT molecular complexity index is 979. The summed E-state index contributed by atoms with van der Waals surface area (Å²) in [4.78, 5) is 2.13. The molecular weight excluding hydrogens is 415 g/mol. The summed E-state index contributed by atoms with van der Waals surface area (Å²) in [6.07, 6.45) is -0.831. The molecule has 0 aliphatic heterocycles. The van der Waals surface area contributed by atoms with Crippen LogP contribution in [0.15, 0.2) is 64.4 Å². The molecular formula is C21H20Cl2N2O2S. The Morgan fingerprint density at radius 1 is 1.07 bits per heavy atom. The van der Waals surface area contributed by atoms with Gasteiger partial charge in [0.25, 0.3) is 0 Å². The van der Waals surface area contributed by atoms with Crippen LogP contribution in [0.4, 0.5) is 11.4 Å². The van der Waals surface area contributed by atoms with Crippen molar-refractivity contribution in [1.82, 2.24) is 0 Å². The first-order valence-corrected chi connectivity index (χ1v) is 10.2. The van der Waals surface area contributed by atoms with Gasteiger partial charge in [0.1, 0.15) is 5.75 Å². The third-order valence-corrected chi connectivity index (χ3v) is 5.82. The molecule has 0 fully saturated rings. The number of halogens is 2. The molecule has 1 unspecified atom stereocenters. The molecule has 0 saturated carbocycles. The first kappa shape index (κ1) is 20.7. The van der Waals surface area contributed by atoms with Crippen molar-refractivity contribution in [2.24, 2.45) is 0 Å². The summed E-state index contributed by atoms with van der Waals surface area (Å²) < 4.78 is 0. The van der Waals surface area contributed by atoms with Crippen molar-refractivity contribution in [3.05, 3.63) is 75.8 Å². The Labute approximate surface area is 178 Å². The van der Waals surface area contributed by atoms with Crippen LogP contribution < -0.4 is 11.1 Å². The number of benzene rings is 3. The zero-order chi connectivity index (χ0) is 20.3. The topological polar surface area (TPSA) is 78.5 Å². The van der Waals surface area contributed by atoms with Gasteiger partial charge in [-0.1, -0.05) is 35.0 Å². The minimum Gasteiger partial charge on any atom is -0.506 e. The number of nitrogens with one attached hydrogen (secondary N) is 1. The van der Waals surface area contributed by atoms with Gasteiger partial charge in [0.2, 0.25) is 0 Å². The smallest absolute Gasteiger partial charge is 0.140 e. The molecule has 0 saturated heterocycles. The number of nitrogens with two attached hydrogens (primary N) is 1. The van der Waals surface area contributed by atoms with Gasteiger partial charge in [-0.25, -0.2) is 0 Å². The van der Waals surface area contributed by atoms with Crippen LogP contribution in [0.3, 0.4) is 0 Å². The third-order valence-electron chi connectivity index (χ3n) is 4.15. The quantitative estimate of drug-likeness (QED) is 0.278. The Hall–Kier alpha value is -2.05. The second kappa shape index (κ2) is 8.97. The van der Waals surface area contributed by atoms with Gasteiger partial charge < -0.3 is 21.3 Å². The lowest BCUT2D eigenvalue weighted by Gasteiger charge is -2.15. The average molecular weight is 435 g/mol. The summed E-state index contributed by atoms with van der Waals surface area (Å²) in [6, 6.07) is 16.7. The molecule has 3 rings (SSSR count). The van der Waals surface area contributed by atoms with E-state index in [9.17, 15) is 10.2 Å². The van der Waals surface area contributed by atoms with Crippen LogP contribution in [0.2, 0.25) is 10.0 Å². The van der Waals surface area contributed by atoms with Crippen LogP contribution in [-0.2, 0) is 6.54 Å². The predicted octanol–water partition coefficient (Wildman–Crippen LogP) is 6.10. The van der Waals surface area contributed by atoms with Gasteiger partial charge in [-0.15, -0.1) is 0 Å². The number of phenols is 1. The van der Waals surface area contributed by atoms with Crippen LogP contribution in [0.5, 0.6) is 5.75 Å². The number of hydrogen-bond donors (Lipinski definition) is 4. The first-order chi connectivity index (χ1) is 13.3. The summed E-state index contributed by atoms with van der Waals surface area (Å²) in [5.41, 5.74) is 8.74. The second-order valence-electron chi connectivity index (χ2n) is 6.35. The van der Waals surface area contributed by atoms with Gasteiger partial charge >= 0.3 is 0 Å². The fraction of sp³-hybridized carbons (Fsp3) is 0.143. The zero-order valence-electron chi connectivity index (χ0n) is 15.1. The lowest BCUT2D eigenvalue weighted by Crippen LogP contribution is -2.03. The Morgan fingerprint density at radius 2 is 1.79 bits per heavy atom. The molecule has 0 aliphatic carbocycles. The number of anilines is 2. The highest BCUT2D eigenvalue weighted by molar-refractivity contribution is 7.99. The van der Waals surface area contributed by atoms with E-state index in [1.807, 2.05) is 42.5 Å². The SMILES string of the molecule is CC(O)c1cc(NCc2cc(N)ccc2Sc2ccc(Cl)cc2)cc(Cl)c1O. The highest BCUT2D eigenvalue weighted by Crippen LogP contribution is 2.36. The number of aliphatic hydroxyl groups is 1. The molecule has 0 radical (unpaired) electrons. The van der Waals surface area contributed by atoms with E-state index >= 15 is 0 Å². The van der Waals surface area contributed by atoms with E-state index in [0.29, 0.717) is 28.5 Å². The summed E-state index contributed by atoms with van der Waals surface area (Å²) in [5, 5.41) is 24.0. The molecule has 3 aromatic carbocycles. The van der Waals surface area contributed by atoms with Gasteiger partial charge in [0.05, 0.1) is 11.1 Å². The summed E-state index contributed by atoms with van der Waals surface area (Å²) >= 11 is 13.7. The fourth-order valence-electron chi connectivity index (χ4n) is 2.70. The van der Waals surface area contributed by atoms with E-state index in [-0.39, 0.29) is 10.8 Å². The molecule has 3 aromatic rings. The van der Waals surface area contributed by atoms with E-state index in [4.69, 9.17) is 28.9 Å². The summed E-state index contributed by atoms with van der Waals surface area (Å²) in [7, 11) is 0. The summed E-state index contributed by atoms with van der Waals surface area (Å²) in [6.45, 7) is 2.08. The maximum Gasteiger partial charge on any atom is 0.140 e. The first-order valence-electron chi connectivity index (χ1n) is 8.59. The normalized spacial score (nSPS) is 12.0. The maximum atomic E-state index is 9.99. The monoisotopic (exact) mass is 434 g/mol. The molecule has 0 aliphatic rings. The lowest BCUT2D eigenvalue weighted by molar-refractivity contribution is 0.195. The minimum absolute atomic E-state index is 0.106. The molecule has 0 spiro atoms. The van der Waals surface area contributed by atoms with Gasteiger partial charge in [-0.3, -0.25) is 0 Å². The standard InChI is InChI=1S/C21H20Cl2N2O2S/c1-12(26)18-9-16(10-19(23)21(18)27)25-11-13-8-15(24)4-7-20(13)28-17-5-2-14(22)3-6-17/h2-10,12,25-27H,11,24H2,1H3. The molecule has 146 valence electrons. The molecule has 4 nitrogen and oxygen atoms in total. The minimum atomic E-state index is -0.831. The van der Waals surface area contributed by atoms with E-state index in [2.05, 4.69) is 5.32 Å². The van der Waals surface area contributed by atoms with E-state index in [1.54, 1.807) is 30.8 Å². The molecule has 0 bridgehead atoms. The van der Waals surface area contributed by atoms with E-state index in [1.165, 1.54) is 0 Å². The van der Waals surface area contributed by atoms with Crippen LogP contribution in [-0.4, -0.2) is 10.2 Å². The van der Waals surface area contributed by atoms with Gasteiger partial charge in [0.15, 0.2) is 0 Å². The molecule has 0 heterocycles. The van der Waals surface area contributed by atoms with Crippen molar-refractivity contribution in [2.75, 3.05) is 11.1 Å². The number of aliphatic hydroxyl groups excluding tert-OH is 1.